The topological polar surface area (TPSA) is 77.7 Å². The molecule has 7 nitrogen and oxygen atoms in total. The van der Waals surface area contributed by atoms with Crippen LogP contribution in [0.15, 0.2) is 53.1 Å². The van der Waals surface area contributed by atoms with Crippen molar-refractivity contribution in [2.24, 2.45) is 5.92 Å². The van der Waals surface area contributed by atoms with Crippen molar-refractivity contribution < 1.29 is 18.8 Å². The number of rotatable bonds is 6. The van der Waals surface area contributed by atoms with E-state index in [-0.39, 0.29) is 12.5 Å². The lowest BCUT2D eigenvalue weighted by molar-refractivity contribution is -0.134. The van der Waals surface area contributed by atoms with Gasteiger partial charge in [-0.2, -0.15) is 4.98 Å². The lowest BCUT2D eigenvalue weighted by atomic mass is 9.99. The molecule has 0 aliphatic carbocycles. The zero-order valence-electron chi connectivity index (χ0n) is 17.2. The van der Waals surface area contributed by atoms with Crippen LogP contribution in [0.25, 0.3) is 22.8 Å². The fourth-order valence-corrected chi connectivity index (χ4v) is 3.45. The van der Waals surface area contributed by atoms with Crippen LogP contribution in [0.4, 0.5) is 0 Å². The molecular weight excluding hydrogens is 382 g/mol. The second-order valence-corrected chi connectivity index (χ2v) is 7.50. The molecule has 1 fully saturated rings. The summed E-state index contributed by atoms with van der Waals surface area (Å²) >= 11 is 0. The minimum atomic E-state index is -0.00537. The zero-order valence-corrected chi connectivity index (χ0v) is 17.2. The summed E-state index contributed by atoms with van der Waals surface area (Å²) in [5.74, 6) is 2.80. The third-order valence-electron chi connectivity index (χ3n) is 5.38. The van der Waals surface area contributed by atoms with Crippen LogP contribution in [0.2, 0.25) is 0 Å². The molecule has 2 heterocycles. The first-order chi connectivity index (χ1) is 14.6. The normalized spacial score (nSPS) is 14.5. The largest absolute Gasteiger partial charge is 0.497 e. The van der Waals surface area contributed by atoms with Gasteiger partial charge in [0, 0.05) is 18.7 Å². The van der Waals surface area contributed by atoms with Gasteiger partial charge < -0.3 is 18.9 Å². The van der Waals surface area contributed by atoms with Gasteiger partial charge in [-0.25, -0.2) is 0 Å². The third-order valence-corrected chi connectivity index (χ3v) is 5.38. The minimum Gasteiger partial charge on any atom is -0.497 e. The highest BCUT2D eigenvalue weighted by Gasteiger charge is 2.21. The van der Waals surface area contributed by atoms with Gasteiger partial charge in [-0.05, 0) is 55.2 Å². The molecule has 2 aromatic carbocycles. The summed E-state index contributed by atoms with van der Waals surface area (Å²) in [6.45, 7) is 3.80. The molecule has 1 aliphatic rings. The van der Waals surface area contributed by atoms with Gasteiger partial charge in [0.05, 0.1) is 12.7 Å². The number of piperidine rings is 1. The van der Waals surface area contributed by atoms with Crippen LogP contribution < -0.4 is 9.47 Å². The van der Waals surface area contributed by atoms with Crippen molar-refractivity contribution >= 4 is 5.91 Å². The lowest BCUT2D eigenvalue weighted by Gasteiger charge is -2.30. The van der Waals surface area contributed by atoms with E-state index in [9.17, 15) is 4.79 Å². The number of likely N-dealkylation sites (tertiary alicyclic amines) is 1. The predicted molar refractivity (Wildman–Crippen MR) is 112 cm³/mol. The Hall–Kier alpha value is -3.35. The highest BCUT2D eigenvalue weighted by Crippen LogP contribution is 2.30. The molecule has 0 atom stereocenters. The molecule has 1 aliphatic heterocycles. The van der Waals surface area contributed by atoms with Crippen LogP contribution in [0, 0.1) is 5.92 Å². The van der Waals surface area contributed by atoms with Crippen molar-refractivity contribution in [3.63, 3.8) is 0 Å². The van der Waals surface area contributed by atoms with Gasteiger partial charge in [0.15, 0.2) is 6.61 Å². The average molecular weight is 407 g/mol. The van der Waals surface area contributed by atoms with Gasteiger partial charge in [-0.3, -0.25) is 4.79 Å². The molecule has 3 aromatic rings. The first-order valence-electron chi connectivity index (χ1n) is 10.1. The monoisotopic (exact) mass is 407 g/mol. The summed E-state index contributed by atoms with van der Waals surface area (Å²) in [7, 11) is 1.62. The van der Waals surface area contributed by atoms with Gasteiger partial charge in [0.2, 0.25) is 5.82 Å². The molecule has 0 spiro atoms. The summed E-state index contributed by atoms with van der Waals surface area (Å²) in [5, 5.41) is 4.10. The van der Waals surface area contributed by atoms with E-state index in [1.807, 2.05) is 53.4 Å². The minimum absolute atomic E-state index is 0.00346. The summed E-state index contributed by atoms with van der Waals surface area (Å²) in [5.41, 5.74) is 1.48. The average Bonchev–Trinajstić information content (AvgIpc) is 3.28. The molecular formula is C23H25N3O4. The van der Waals surface area contributed by atoms with Crippen molar-refractivity contribution in [2.45, 2.75) is 19.8 Å². The molecule has 156 valence electrons. The van der Waals surface area contributed by atoms with Crippen LogP contribution in [-0.2, 0) is 4.79 Å². The molecule has 1 saturated heterocycles. The Kier molecular flexibility index (Phi) is 5.97. The zero-order chi connectivity index (χ0) is 20.9. The van der Waals surface area contributed by atoms with Crippen LogP contribution in [0.5, 0.6) is 11.5 Å². The Morgan fingerprint density at radius 2 is 1.87 bits per heavy atom. The van der Waals surface area contributed by atoms with Gasteiger partial charge in [0.1, 0.15) is 11.5 Å². The lowest BCUT2D eigenvalue weighted by Crippen LogP contribution is -2.40. The van der Waals surface area contributed by atoms with E-state index in [0.29, 0.717) is 28.9 Å². The molecule has 0 N–H and O–H groups in total. The summed E-state index contributed by atoms with van der Waals surface area (Å²) in [6, 6.07) is 14.8. The molecule has 30 heavy (non-hydrogen) atoms. The maximum Gasteiger partial charge on any atom is 0.260 e. The number of carbonyl (C=O) groups is 1. The van der Waals surface area contributed by atoms with Gasteiger partial charge in [0.25, 0.3) is 11.8 Å². The summed E-state index contributed by atoms with van der Waals surface area (Å²) in [6.07, 6.45) is 2.08. The molecule has 0 radical (unpaired) electrons. The molecule has 0 saturated carbocycles. The van der Waals surface area contributed by atoms with Crippen LogP contribution in [0.1, 0.15) is 19.8 Å². The maximum absolute atomic E-state index is 12.5. The van der Waals surface area contributed by atoms with Crippen molar-refractivity contribution in [3.05, 3.63) is 48.5 Å². The van der Waals surface area contributed by atoms with E-state index < -0.39 is 0 Å². The molecule has 1 aromatic heterocycles. The highest BCUT2D eigenvalue weighted by atomic mass is 16.5. The molecule has 4 rings (SSSR count). The Bertz CT molecular complexity index is 992. The SMILES string of the molecule is COc1ccc(-c2nc(-c3ccccc3OCC(=O)N3CCC(C)CC3)no2)cc1. The molecule has 7 heteroatoms. The van der Waals surface area contributed by atoms with Crippen LogP contribution >= 0.6 is 0 Å². The number of ether oxygens (including phenoxy) is 2. The van der Waals surface area contributed by atoms with E-state index >= 15 is 0 Å². The first-order valence-corrected chi connectivity index (χ1v) is 10.1. The number of hydrogen-bond acceptors (Lipinski definition) is 6. The van der Waals surface area contributed by atoms with Crippen molar-refractivity contribution in [1.29, 1.82) is 0 Å². The summed E-state index contributed by atoms with van der Waals surface area (Å²) < 4.78 is 16.5. The molecule has 1 amide bonds. The number of para-hydroxylation sites is 1. The Morgan fingerprint density at radius 1 is 1.13 bits per heavy atom. The number of nitrogens with zero attached hydrogens (tertiary/aromatic N) is 3. The Balaban J connectivity index is 1.47. The first kappa shape index (κ1) is 19.9. The smallest absolute Gasteiger partial charge is 0.260 e. The van der Waals surface area contributed by atoms with Crippen molar-refractivity contribution in [1.82, 2.24) is 15.0 Å². The predicted octanol–water partition coefficient (Wildman–Crippen LogP) is 4.05. The third kappa shape index (κ3) is 4.45. The van der Waals surface area contributed by atoms with Crippen molar-refractivity contribution in [2.75, 3.05) is 26.8 Å². The van der Waals surface area contributed by atoms with Gasteiger partial charge in [-0.1, -0.05) is 24.2 Å². The second-order valence-electron chi connectivity index (χ2n) is 7.50. The van der Waals surface area contributed by atoms with E-state index in [1.165, 1.54) is 0 Å². The van der Waals surface area contributed by atoms with Gasteiger partial charge in [-0.15, -0.1) is 0 Å². The van der Waals surface area contributed by atoms with Gasteiger partial charge >= 0.3 is 0 Å². The standard InChI is InChI=1S/C23H25N3O4/c1-16-11-13-26(14-12-16)21(27)15-29-20-6-4-3-5-19(20)22-24-23(30-25-22)17-7-9-18(28-2)10-8-17/h3-10,16H,11-15H2,1-2H3. The fourth-order valence-electron chi connectivity index (χ4n) is 3.45. The number of hydrogen-bond donors (Lipinski definition) is 0. The Morgan fingerprint density at radius 3 is 2.60 bits per heavy atom. The molecule has 0 bridgehead atoms. The maximum atomic E-state index is 12.5. The Labute approximate surface area is 175 Å². The van der Waals surface area contributed by atoms with Crippen molar-refractivity contribution in [3.8, 4) is 34.3 Å². The van der Waals surface area contributed by atoms with E-state index in [0.717, 1.165) is 37.2 Å². The number of methoxy groups -OCH3 is 1. The molecule has 0 unspecified atom stereocenters. The number of aromatic nitrogens is 2. The van der Waals surface area contributed by atoms with E-state index in [2.05, 4.69) is 17.1 Å². The van der Waals surface area contributed by atoms with Crippen LogP contribution in [-0.4, -0.2) is 47.8 Å². The number of benzene rings is 2. The van der Waals surface area contributed by atoms with E-state index in [1.54, 1.807) is 7.11 Å². The number of carbonyl (C=O) groups excluding carboxylic acids is 1. The highest BCUT2D eigenvalue weighted by molar-refractivity contribution is 5.78. The van der Waals surface area contributed by atoms with Crippen LogP contribution in [0.3, 0.4) is 0 Å². The fraction of sp³-hybridized carbons (Fsp3) is 0.348. The quantitative estimate of drug-likeness (QED) is 0.613. The summed E-state index contributed by atoms with van der Waals surface area (Å²) in [4.78, 5) is 18.9. The van der Waals surface area contributed by atoms with E-state index in [4.69, 9.17) is 14.0 Å². The second kappa shape index (κ2) is 8.98. The number of amides is 1.